The molecule has 4 rings (SSSR count). The number of aromatic nitrogens is 1. The van der Waals surface area contributed by atoms with Gasteiger partial charge in [-0.3, -0.25) is 4.79 Å². The van der Waals surface area contributed by atoms with Gasteiger partial charge in [0.25, 0.3) is 0 Å². The van der Waals surface area contributed by atoms with Crippen molar-refractivity contribution in [2.24, 2.45) is 0 Å². The monoisotopic (exact) mass is 368 g/mol. The second-order valence-corrected chi connectivity index (χ2v) is 7.58. The number of nitrogens with zero attached hydrogens (tertiary/aromatic N) is 1. The van der Waals surface area contributed by atoms with Gasteiger partial charge in [-0.25, -0.2) is 4.98 Å². The number of amides is 1. The molecule has 1 unspecified atom stereocenters. The molecule has 4 aromatic rings. The highest BCUT2D eigenvalue weighted by Gasteiger charge is 2.16. The molecule has 0 aliphatic heterocycles. The number of nitrogens with one attached hydrogen (secondary N) is 1. The van der Waals surface area contributed by atoms with E-state index in [1.165, 1.54) is 0 Å². The first-order valence-electron chi connectivity index (χ1n) is 7.95. The van der Waals surface area contributed by atoms with E-state index in [2.05, 4.69) is 10.3 Å². The fourth-order valence-corrected chi connectivity index (χ4v) is 4.28. The maximum atomic E-state index is 12.3. The molecule has 0 radical (unpaired) electrons. The van der Waals surface area contributed by atoms with Crippen molar-refractivity contribution >= 4 is 39.5 Å². The van der Waals surface area contributed by atoms with Gasteiger partial charge in [-0.2, -0.15) is 0 Å². The summed E-state index contributed by atoms with van der Waals surface area (Å²) in [5.41, 5.74) is 1.63. The highest BCUT2D eigenvalue weighted by atomic mass is 32.1. The minimum absolute atomic E-state index is 0.0593. The van der Waals surface area contributed by atoms with Crippen LogP contribution in [0.5, 0.6) is 0 Å². The second kappa shape index (κ2) is 6.82. The quantitative estimate of drug-likeness (QED) is 0.537. The van der Waals surface area contributed by atoms with E-state index in [-0.39, 0.29) is 18.4 Å². The van der Waals surface area contributed by atoms with E-state index in [0.717, 1.165) is 32.3 Å². The number of hydrogen-bond donors (Lipinski definition) is 1. The van der Waals surface area contributed by atoms with Gasteiger partial charge in [0.1, 0.15) is 16.4 Å². The molecule has 0 bridgehead atoms. The Hall–Kier alpha value is -2.44. The Labute approximate surface area is 153 Å². The predicted octanol–water partition coefficient (Wildman–Crippen LogP) is 5.04. The maximum Gasteiger partial charge on any atom is 0.226 e. The number of para-hydroxylation sites is 1. The van der Waals surface area contributed by atoms with Gasteiger partial charge in [-0.05, 0) is 30.5 Å². The van der Waals surface area contributed by atoms with Gasteiger partial charge >= 0.3 is 0 Å². The summed E-state index contributed by atoms with van der Waals surface area (Å²) in [6, 6.07) is 13.7. The van der Waals surface area contributed by atoms with Crippen LogP contribution in [0.1, 0.15) is 24.4 Å². The average Bonchev–Trinajstić information content (AvgIpc) is 3.34. The lowest BCUT2D eigenvalue weighted by atomic mass is 10.2. The Balaban J connectivity index is 1.41. The highest BCUT2D eigenvalue weighted by molar-refractivity contribution is 7.20. The summed E-state index contributed by atoms with van der Waals surface area (Å²) >= 11 is 3.22. The van der Waals surface area contributed by atoms with Crippen molar-refractivity contribution in [2.75, 3.05) is 0 Å². The van der Waals surface area contributed by atoms with Crippen molar-refractivity contribution in [1.82, 2.24) is 10.3 Å². The molecule has 1 atom stereocenters. The molecule has 0 spiro atoms. The zero-order valence-electron chi connectivity index (χ0n) is 13.6. The molecule has 1 aromatic carbocycles. The molecule has 3 aromatic heterocycles. The van der Waals surface area contributed by atoms with E-state index in [9.17, 15) is 4.79 Å². The summed E-state index contributed by atoms with van der Waals surface area (Å²) in [7, 11) is 0. The van der Waals surface area contributed by atoms with Crippen LogP contribution >= 0.6 is 22.7 Å². The Kier molecular flexibility index (Phi) is 4.38. The minimum Gasteiger partial charge on any atom is -0.459 e. The summed E-state index contributed by atoms with van der Waals surface area (Å²) in [4.78, 5) is 18.0. The number of hydrogen-bond acceptors (Lipinski definition) is 5. The molecule has 3 heterocycles. The van der Waals surface area contributed by atoms with E-state index in [4.69, 9.17) is 4.42 Å². The predicted molar refractivity (Wildman–Crippen MR) is 102 cm³/mol. The van der Waals surface area contributed by atoms with Gasteiger partial charge in [-0.15, -0.1) is 22.7 Å². The number of thiophene rings is 1. The number of fused-ring (bicyclic) bond motifs is 1. The number of benzene rings is 1. The zero-order chi connectivity index (χ0) is 17.2. The molecule has 0 saturated heterocycles. The summed E-state index contributed by atoms with van der Waals surface area (Å²) in [6.45, 7) is 1.92. The van der Waals surface area contributed by atoms with Crippen LogP contribution < -0.4 is 5.32 Å². The van der Waals surface area contributed by atoms with Gasteiger partial charge in [0.15, 0.2) is 0 Å². The first kappa shape index (κ1) is 16.1. The van der Waals surface area contributed by atoms with Crippen molar-refractivity contribution in [3.63, 3.8) is 0 Å². The molecule has 1 amide bonds. The second-order valence-electron chi connectivity index (χ2n) is 5.77. The smallest absolute Gasteiger partial charge is 0.226 e. The van der Waals surface area contributed by atoms with Gasteiger partial charge in [0.2, 0.25) is 5.91 Å². The van der Waals surface area contributed by atoms with Crippen LogP contribution in [0, 0.1) is 0 Å². The topological polar surface area (TPSA) is 55.1 Å². The fraction of sp³-hybridized carbons (Fsp3) is 0.158. The minimum atomic E-state index is -0.185. The molecular formula is C19H16N2O2S2. The molecule has 0 aliphatic rings. The Morgan fingerprint density at radius 1 is 1.24 bits per heavy atom. The van der Waals surface area contributed by atoms with Crippen LogP contribution in [0.3, 0.4) is 0 Å². The Morgan fingerprint density at radius 2 is 2.12 bits per heavy atom. The van der Waals surface area contributed by atoms with Crippen molar-refractivity contribution in [3.05, 3.63) is 64.7 Å². The lowest BCUT2D eigenvalue weighted by molar-refractivity contribution is -0.121. The maximum absolute atomic E-state index is 12.3. The van der Waals surface area contributed by atoms with E-state index in [1.807, 2.05) is 60.1 Å². The first-order chi connectivity index (χ1) is 12.2. The number of carbonyl (C=O) groups excluding carboxylic acids is 1. The third kappa shape index (κ3) is 3.50. The Morgan fingerprint density at radius 3 is 2.92 bits per heavy atom. The molecule has 0 saturated carbocycles. The lowest BCUT2D eigenvalue weighted by Gasteiger charge is -2.10. The SMILES string of the molecule is CC(NC(=O)Cc1csc(-c2cccs2)n1)c1cc2ccccc2o1. The van der Waals surface area contributed by atoms with Crippen LogP contribution in [0.15, 0.2) is 57.6 Å². The molecule has 0 fully saturated rings. The molecule has 6 heteroatoms. The van der Waals surface area contributed by atoms with Crippen LogP contribution in [-0.2, 0) is 11.2 Å². The third-order valence-corrected chi connectivity index (χ3v) is 5.80. The number of furan rings is 1. The van der Waals surface area contributed by atoms with Crippen molar-refractivity contribution in [1.29, 1.82) is 0 Å². The van der Waals surface area contributed by atoms with Gasteiger partial charge in [-0.1, -0.05) is 24.3 Å². The molecule has 25 heavy (non-hydrogen) atoms. The number of rotatable bonds is 5. The van der Waals surface area contributed by atoms with Crippen LogP contribution in [0.2, 0.25) is 0 Å². The zero-order valence-corrected chi connectivity index (χ0v) is 15.2. The molecule has 126 valence electrons. The van der Waals surface area contributed by atoms with Crippen molar-refractivity contribution in [3.8, 4) is 9.88 Å². The molecule has 4 nitrogen and oxygen atoms in total. The van der Waals surface area contributed by atoms with Gasteiger partial charge in [0, 0.05) is 10.8 Å². The van der Waals surface area contributed by atoms with Crippen LogP contribution in [0.25, 0.3) is 20.9 Å². The summed E-state index contributed by atoms with van der Waals surface area (Å²) in [5.74, 6) is 0.697. The van der Waals surface area contributed by atoms with Crippen LogP contribution in [-0.4, -0.2) is 10.9 Å². The number of thiazole rings is 1. The van der Waals surface area contributed by atoms with E-state index in [1.54, 1.807) is 22.7 Å². The van der Waals surface area contributed by atoms with E-state index < -0.39 is 0 Å². The summed E-state index contributed by atoms with van der Waals surface area (Å²) in [6.07, 6.45) is 0.270. The van der Waals surface area contributed by atoms with Crippen molar-refractivity contribution < 1.29 is 9.21 Å². The summed E-state index contributed by atoms with van der Waals surface area (Å²) in [5, 5.41) is 8.96. The Bertz CT molecular complexity index is 968. The van der Waals surface area contributed by atoms with E-state index >= 15 is 0 Å². The fourth-order valence-electron chi connectivity index (χ4n) is 2.65. The van der Waals surface area contributed by atoms with E-state index in [0.29, 0.717) is 0 Å². The molecule has 0 aliphatic carbocycles. The third-order valence-electron chi connectivity index (χ3n) is 3.87. The average molecular weight is 368 g/mol. The molecule has 1 N–H and O–H groups in total. The molecular weight excluding hydrogens is 352 g/mol. The van der Waals surface area contributed by atoms with Gasteiger partial charge < -0.3 is 9.73 Å². The first-order valence-corrected chi connectivity index (χ1v) is 9.71. The van der Waals surface area contributed by atoms with Crippen LogP contribution in [0.4, 0.5) is 0 Å². The summed E-state index contributed by atoms with van der Waals surface area (Å²) < 4.78 is 5.81. The normalized spacial score (nSPS) is 12.4. The highest BCUT2D eigenvalue weighted by Crippen LogP contribution is 2.28. The van der Waals surface area contributed by atoms with Gasteiger partial charge in [0.05, 0.1) is 23.0 Å². The number of carbonyl (C=O) groups is 1. The standard InChI is InChI=1S/C19H16N2O2S2/c1-12(16-9-13-5-2-3-6-15(13)23-16)20-18(22)10-14-11-25-19(21-14)17-7-4-8-24-17/h2-9,11-12H,10H2,1H3,(H,20,22). The largest absolute Gasteiger partial charge is 0.459 e. The van der Waals surface area contributed by atoms with Crippen molar-refractivity contribution in [2.45, 2.75) is 19.4 Å². The lowest BCUT2D eigenvalue weighted by Crippen LogP contribution is -2.27.